The number of para-hydroxylation sites is 2. The number of carbonyl (C=O) groups excluding carboxylic acids is 1. The lowest BCUT2D eigenvalue weighted by molar-refractivity contribution is -0.116. The summed E-state index contributed by atoms with van der Waals surface area (Å²) in [5.74, 6) is 0.624. The highest BCUT2D eigenvalue weighted by atomic mass is 16.1. The summed E-state index contributed by atoms with van der Waals surface area (Å²) in [7, 11) is 0. The SMILES string of the molecule is O=C(/C=C/c1cnc2ccccc2n1)NCCc1nnc2ccccn12. The molecular formula is C19H16N6O. The van der Waals surface area contributed by atoms with Gasteiger partial charge >= 0.3 is 0 Å². The van der Waals surface area contributed by atoms with Crippen LogP contribution >= 0.6 is 0 Å². The van der Waals surface area contributed by atoms with Crippen molar-refractivity contribution >= 4 is 28.7 Å². The van der Waals surface area contributed by atoms with Crippen LogP contribution < -0.4 is 5.32 Å². The first-order chi connectivity index (χ1) is 12.8. The summed E-state index contributed by atoms with van der Waals surface area (Å²) in [6.45, 7) is 0.474. The Balaban J connectivity index is 1.35. The molecule has 0 unspecified atom stereocenters. The number of nitrogens with one attached hydrogen (secondary N) is 1. The molecule has 0 radical (unpaired) electrons. The van der Waals surface area contributed by atoms with E-state index in [9.17, 15) is 4.79 Å². The van der Waals surface area contributed by atoms with Crippen LogP contribution in [0.5, 0.6) is 0 Å². The molecule has 1 N–H and O–H groups in total. The average molecular weight is 344 g/mol. The summed E-state index contributed by atoms with van der Waals surface area (Å²) in [6, 6.07) is 13.3. The predicted octanol–water partition coefficient (Wildman–Crippen LogP) is 2.04. The zero-order chi connectivity index (χ0) is 17.8. The van der Waals surface area contributed by atoms with Gasteiger partial charge in [-0.15, -0.1) is 10.2 Å². The number of hydrogen-bond acceptors (Lipinski definition) is 5. The molecule has 0 fully saturated rings. The van der Waals surface area contributed by atoms with Crippen LogP contribution in [0.25, 0.3) is 22.8 Å². The molecule has 4 aromatic rings. The molecule has 0 aliphatic heterocycles. The molecule has 0 spiro atoms. The zero-order valence-corrected chi connectivity index (χ0v) is 13.9. The monoisotopic (exact) mass is 344 g/mol. The van der Waals surface area contributed by atoms with E-state index in [1.165, 1.54) is 6.08 Å². The summed E-state index contributed by atoms with van der Waals surface area (Å²) in [4.78, 5) is 20.8. The predicted molar refractivity (Wildman–Crippen MR) is 98.3 cm³/mol. The third kappa shape index (κ3) is 3.41. The summed E-state index contributed by atoms with van der Waals surface area (Å²) < 4.78 is 1.91. The molecule has 0 saturated carbocycles. The zero-order valence-electron chi connectivity index (χ0n) is 13.9. The first-order valence-corrected chi connectivity index (χ1v) is 8.26. The second-order valence-corrected chi connectivity index (χ2v) is 5.70. The Hall–Kier alpha value is -3.61. The van der Waals surface area contributed by atoms with Crippen molar-refractivity contribution in [2.75, 3.05) is 6.54 Å². The Labute approximate surface area is 149 Å². The van der Waals surface area contributed by atoms with E-state index in [0.717, 1.165) is 22.5 Å². The molecule has 1 aromatic carbocycles. The third-order valence-electron chi connectivity index (χ3n) is 3.90. The van der Waals surface area contributed by atoms with Crippen molar-refractivity contribution < 1.29 is 4.79 Å². The van der Waals surface area contributed by atoms with Crippen molar-refractivity contribution in [1.82, 2.24) is 29.9 Å². The van der Waals surface area contributed by atoms with Gasteiger partial charge in [0.1, 0.15) is 5.82 Å². The van der Waals surface area contributed by atoms with Gasteiger partial charge < -0.3 is 5.32 Å². The lowest BCUT2D eigenvalue weighted by Crippen LogP contribution is -2.24. The first kappa shape index (κ1) is 15.9. The van der Waals surface area contributed by atoms with Gasteiger partial charge in [0.25, 0.3) is 0 Å². The Bertz CT molecular complexity index is 1100. The lowest BCUT2D eigenvalue weighted by atomic mass is 10.3. The van der Waals surface area contributed by atoms with Crippen molar-refractivity contribution in [2.45, 2.75) is 6.42 Å². The number of aromatic nitrogens is 5. The smallest absolute Gasteiger partial charge is 0.244 e. The highest BCUT2D eigenvalue weighted by molar-refractivity contribution is 5.91. The van der Waals surface area contributed by atoms with Crippen LogP contribution in [-0.4, -0.2) is 37.0 Å². The number of benzene rings is 1. The standard InChI is InChI=1S/C19H16N6O/c26-19(9-8-14-13-21-15-5-1-2-6-16(15)22-14)20-11-10-18-24-23-17-7-3-4-12-25(17)18/h1-9,12-13H,10-11H2,(H,20,26)/b9-8+. The van der Waals surface area contributed by atoms with Gasteiger partial charge in [0.2, 0.25) is 5.91 Å². The second kappa shape index (κ2) is 7.10. The van der Waals surface area contributed by atoms with Gasteiger partial charge in [-0.1, -0.05) is 18.2 Å². The summed E-state index contributed by atoms with van der Waals surface area (Å²) in [5, 5.41) is 11.1. The molecule has 0 saturated heterocycles. The average Bonchev–Trinajstić information content (AvgIpc) is 3.09. The summed E-state index contributed by atoms with van der Waals surface area (Å²) in [5.41, 5.74) is 3.06. The fourth-order valence-corrected chi connectivity index (χ4v) is 2.63. The van der Waals surface area contributed by atoms with Gasteiger partial charge in [0.05, 0.1) is 22.9 Å². The Morgan fingerprint density at radius 2 is 1.92 bits per heavy atom. The molecule has 4 rings (SSSR count). The van der Waals surface area contributed by atoms with Crippen molar-refractivity contribution in [1.29, 1.82) is 0 Å². The normalized spacial score (nSPS) is 11.4. The van der Waals surface area contributed by atoms with E-state index < -0.39 is 0 Å². The fourth-order valence-electron chi connectivity index (χ4n) is 2.63. The second-order valence-electron chi connectivity index (χ2n) is 5.70. The quantitative estimate of drug-likeness (QED) is 0.560. The van der Waals surface area contributed by atoms with E-state index in [0.29, 0.717) is 18.7 Å². The van der Waals surface area contributed by atoms with E-state index in [-0.39, 0.29) is 5.91 Å². The van der Waals surface area contributed by atoms with Gasteiger partial charge in [-0.05, 0) is 30.3 Å². The molecule has 128 valence electrons. The molecule has 0 bridgehead atoms. The fraction of sp³-hybridized carbons (Fsp3) is 0.105. The van der Waals surface area contributed by atoms with E-state index in [1.807, 2.05) is 53.1 Å². The molecular weight excluding hydrogens is 328 g/mol. The Morgan fingerprint density at radius 1 is 1.08 bits per heavy atom. The van der Waals surface area contributed by atoms with Crippen LogP contribution in [0.1, 0.15) is 11.5 Å². The third-order valence-corrected chi connectivity index (χ3v) is 3.90. The van der Waals surface area contributed by atoms with Crippen LogP contribution in [0.2, 0.25) is 0 Å². The highest BCUT2D eigenvalue weighted by Crippen LogP contribution is 2.09. The molecule has 7 heteroatoms. The van der Waals surface area contributed by atoms with Crippen LogP contribution in [0.15, 0.2) is 60.9 Å². The van der Waals surface area contributed by atoms with Gasteiger partial charge in [-0.25, -0.2) is 4.98 Å². The topological polar surface area (TPSA) is 85.1 Å². The molecule has 3 heterocycles. The largest absolute Gasteiger partial charge is 0.352 e. The number of carbonyl (C=O) groups is 1. The van der Waals surface area contributed by atoms with Crippen molar-refractivity contribution in [3.8, 4) is 0 Å². The van der Waals surface area contributed by atoms with Crippen molar-refractivity contribution in [2.24, 2.45) is 0 Å². The number of rotatable bonds is 5. The lowest BCUT2D eigenvalue weighted by Gasteiger charge is -2.01. The van der Waals surface area contributed by atoms with E-state index in [1.54, 1.807) is 12.3 Å². The van der Waals surface area contributed by atoms with Gasteiger partial charge in [0, 0.05) is 25.2 Å². The molecule has 0 aliphatic rings. The van der Waals surface area contributed by atoms with Gasteiger partial charge in [-0.3, -0.25) is 14.2 Å². The van der Waals surface area contributed by atoms with Crippen molar-refractivity contribution in [3.63, 3.8) is 0 Å². The maximum absolute atomic E-state index is 12.0. The first-order valence-electron chi connectivity index (χ1n) is 8.26. The summed E-state index contributed by atoms with van der Waals surface area (Å²) >= 11 is 0. The molecule has 1 amide bonds. The summed E-state index contributed by atoms with van der Waals surface area (Å²) in [6.07, 6.45) is 7.27. The van der Waals surface area contributed by atoms with Gasteiger partial charge in [0.15, 0.2) is 5.65 Å². The molecule has 7 nitrogen and oxygen atoms in total. The van der Waals surface area contributed by atoms with E-state index in [2.05, 4.69) is 25.5 Å². The molecule has 3 aromatic heterocycles. The number of fused-ring (bicyclic) bond motifs is 2. The Kier molecular flexibility index (Phi) is 4.34. The minimum atomic E-state index is -0.186. The minimum absolute atomic E-state index is 0.186. The number of hydrogen-bond donors (Lipinski definition) is 1. The number of nitrogens with zero attached hydrogens (tertiary/aromatic N) is 5. The minimum Gasteiger partial charge on any atom is -0.352 e. The molecule has 0 aliphatic carbocycles. The van der Waals surface area contributed by atoms with Crippen LogP contribution in [0.3, 0.4) is 0 Å². The molecule has 0 atom stereocenters. The molecule has 26 heavy (non-hydrogen) atoms. The number of amides is 1. The highest BCUT2D eigenvalue weighted by Gasteiger charge is 2.04. The van der Waals surface area contributed by atoms with E-state index >= 15 is 0 Å². The van der Waals surface area contributed by atoms with Crippen LogP contribution in [-0.2, 0) is 11.2 Å². The van der Waals surface area contributed by atoms with Crippen molar-refractivity contribution in [3.05, 3.63) is 72.5 Å². The van der Waals surface area contributed by atoms with E-state index in [4.69, 9.17) is 0 Å². The maximum atomic E-state index is 12.0. The Morgan fingerprint density at radius 3 is 2.85 bits per heavy atom. The number of pyridine rings is 1. The van der Waals surface area contributed by atoms with Gasteiger partial charge in [-0.2, -0.15) is 0 Å². The maximum Gasteiger partial charge on any atom is 0.244 e. The van der Waals surface area contributed by atoms with Crippen LogP contribution in [0.4, 0.5) is 0 Å². The van der Waals surface area contributed by atoms with Crippen LogP contribution in [0, 0.1) is 0 Å².